The van der Waals surface area contributed by atoms with Crippen molar-refractivity contribution in [1.82, 2.24) is 4.90 Å². The third-order valence-corrected chi connectivity index (χ3v) is 9.35. The number of aliphatic hydroxyl groups excluding tert-OH is 1. The maximum Gasteiger partial charge on any atom is 0.339 e. The van der Waals surface area contributed by atoms with Gasteiger partial charge in [-0.3, -0.25) is 4.99 Å². The molecule has 196 valence electrons. The number of rotatable bonds is 5. The fraction of sp³-hybridized carbons (Fsp3) is 0.654. The highest BCUT2D eigenvalue weighted by atomic mass is 35.5. The zero-order valence-corrected chi connectivity index (χ0v) is 21.2. The number of aliphatic hydroxyl groups is 2. The van der Waals surface area contributed by atoms with Gasteiger partial charge in [-0.1, -0.05) is 23.7 Å². The summed E-state index contributed by atoms with van der Waals surface area (Å²) in [6, 6.07) is 7.03. The van der Waals surface area contributed by atoms with Gasteiger partial charge >= 0.3 is 11.9 Å². The average Bonchev–Trinajstić information content (AvgIpc) is 3.52. The Bertz CT molecular complexity index is 1090. The highest BCUT2D eigenvalue weighted by Crippen LogP contribution is 2.73. The van der Waals surface area contributed by atoms with Crippen molar-refractivity contribution >= 4 is 29.4 Å². The van der Waals surface area contributed by atoms with Crippen LogP contribution in [0.1, 0.15) is 57.4 Å². The van der Waals surface area contributed by atoms with Gasteiger partial charge in [-0.05, 0) is 63.1 Å². The molecule has 0 aromatic heterocycles. The number of fused-ring (bicyclic) bond motifs is 3. The van der Waals surface area contributed by atoms with Crippen LogP contribution in [0, 0.1) is 11.3 Å². The van der Waals surface area contributed by atoms with E-state index in [1.54, 1.807) is 24.3 Å². The molecule has 1 aromatic carbocycles. The van der Waals surface area contributed by atoms with Crippen molar-refractivity contribution in [3.63, 3.8) is 0 Å². The van der Waals surface area contributed by atoms with Gasteiger partial charge in [-0.25, -0.2) is 9.59 Å². The first-order valence-electron chi connectivity index (χ1n) is 12.6. The third kappa shape index (κ3) is 3.50. The topological polar surface area (TPSA) is 140 Å². The molecule has 0 radical (unpaired) electrons. The minimum Gasteiger partial charge on any atom is -0.479 e. The molecule has 0 amide bonds. The Morgan fingerprint density at radius 2 is 1.81 bits per heavy atom. The maximum absolute atomic E-state index is 12.6. The van der Waals surface area contributed by atoms with Crippen LogP contribution in [-0.2, 0) is 14.3 Å². The lowest BCUT2D eigenvalue weighted by molar-refractivity contribution is -0.209. The van der Waals surface area contributed by atoms with Crippen LogP contribution < -0.4 is 0 Å². The van der Waals surface area contributed by atoms with Crippen molar-refractivity contribution in [2.45, 2.75) is 81.3 Å². The molecule has 1 saturated heterocycles. The van der Waals surface area contributed by atoms with E-state index in [2.05, 4.69) is 4.90 Å². The van der Waals surface area contributed by atoms with Gasteiger partial charge in [-0.2, -0.15) is 0 Å². The normalized spacial score (nSPS) is 38.1. The van der Waals surface area contributed by atoms with Crippen molar-refractivity contribution < 1.29 is 34.8 Å². The van der Waals surface area contributed by atoms with E-state index < -0.39 is 40.5 Å². The predicted octanol–water partition coefficient (Wildman–Crippen LogP) is 2.53. The largest absolute Gasteiger partial charge is 0.479 e. The van der Waals surface area contributed by atoms with E-state index in [1.807, 2.05) is 13.8 Å². The first-order valence-corrected chi connectivity index (χ1v) is 12.9. The Kier molecular flexibility index (Phi) is 6.14. The lowest BCUT2D eigenvalue weighted by Gasteiger charge is -2.51. The van der Waals surface area contributed by atoms with E-state index in [4.69, 9.17) is 21.3 Å². The number of benzene rings is 1. The van der Waals surface area contributed by atoms with Crippen molar-refractivity contribution in [2.24, 2.45) is 16.3 Å². The molecule has 10 heteroatoms. The molecule has 3 fully saturated rings. The van der Waals surface area contributed by atoms with Gasteiger partial charge in [0.15, 0.2) is 6.10 Å². The Morgan fingerprint density at radius 1 is 1.17 bits per heavy atom. The maximum atomic E-state index is 12.6. The molecular formula is C26H33ClN2O7. The van der Waals surface area contributed by atoms with Gasteiger partial charge in [0.2, 0.25) is 5.60 Å². The second-order valence-electron chi connectivity index (χ2n) is 11.1. The molecule has 2 bridgehead atoms. The van der Waals surface area contributed by atoms with Gasteiger partial charge in [0.05, 0.1) is 23.6 Å². The minimum absolute atomic E-state index is 0.0502. The summed E-state index contributed by atoms with van der Waals surface area (Å²) < 4.78 is 5.89. The number of carbonyl (C=O) groups is 2. The molecule has 36 heavy (non-hydrogen) atoms. The van der Waals surface area contributed by atoms with Crippen LogP contribution in [-0.4, -0.2) is 85.6 Å². The van der Waals surface area contributed by atoms with Crippen LogP contribution in [0.4, 0.5) is 0 Å². The van der Waals surface area contributed by atoms with Crippen LogP contribution in [0.3, 0.4) is 0 Å². The van der Waals surface area contributed by atoms with Gasteiger partial charge < -0.3 is 30.1 Å². The molecule has 5 rings (SSSR count). The number of amidine groups is 1. The van der Waals surface area contributed by atoms with E-state index in [-0.39, 0.29) is 31.0 Å². The quantitative estimate of drug-likeness (QED) is 0.464. The Labute approximate surface area is 214 Å². The van der Waals surface area contributed by atoms with Crippen LogP contribution in [0.5, 0.6) is 0 Å². The Hall–Kier alpha value is -2.20. The first kappa shape index (κ1) is 25.4. The van der Waals surface area contributed by atoms with Crippen LogP contribution in [0.2, 0.25) is 5.02 Å². The highest BCUT2D eigenvalue weighted by molar-refractivity contribution is 6.30. The molecule has 8 atom stereocenters. The van der Waals surface area contributed by atoms with E-state index in [0.717, 1.165) is 11.4 Å². The molecule has 2 heterocycles. The van der Waals surface area contributed by atoms with Crippen molar-refractivity contribution in [3.05, 3.63) is 34.9 Å². The van der Waals surface area contributed by atoms with E-state index in [0.29, 0.717) is 37.4 Å². The summed E-state index contributed by atoms with van der Waals surface area (Å²) in [7, 11) is 0. The van der Waals surface area contributed by atoms with Crippen molar-refractivity contribution in [1.29, 1.82) is 0 Å². The van der Waals surface area contributed by atoms with Crippen LogP contribution in [0.15, 0.2) is 29.3 Å². The fourth-order valence-corrected chi connectivity index (χ4v) is 8.00. The Morgan fingerprint density at radius 3 is 2.39 bits per heavy atom. The summed E-state index contributed by atoms with van der Waals surface area (Å²) >= 11 is 6.16. The summed E-state index contributed by atoms with van der Waals surface area (Å²) in [5.74, 6) is -3.22. The standard InChI is InChI=1S/C26H33ClN2O7/c1-14-12-29(13-15(2)36-14)19-8-10-25(28-19)17-7-9-24(11-17,20(25)16-3-5-18(27)6-4-16)26(35,23(33)34)21(30)22(31)32/h3-6,14-15,17,20-21,30,35H,7-13H2,1-2H3,(H,31,32)(H,33,34). The molecule has 9 nitrogen and oxygen atoms in total. The number of ether oxygens (including phenoxy) is 1. The van der Waals surface area contributed by atoms with E-state index in [9.17, 15) is 30.0 Å². The molecule has 4 N–H and O–H groups in total. The van der Waals surface area contributed by atoms with E-state index >= 15 is 0 Å². The lowest BCUT2D eigenvalue weighted by atomic mass is 9.55. The molecule has 8 unspecified atom stereocenters. The Balaban J connectivity index is 1.66. The van der Waals surface area contributed by atoms with Crippen LogP contribution in [0.25, 0.3) is 0 Å². The average molecular weight is 521 g/mol. The van der Waals surface area contributed by atoms with Crippen molar-refractivity contribution in [2.75, 3.05) is 13.1 Å². The number of nitrogens with zero attached hydrogens (tertiary/aromatic N) is 2. The molecule has 2 aliphatic carbocycles. The highest BCUT2D eigenvalue weighted by Gasteiger charge is 2.77. The second-order valence-corrected chi connectivity index (χ2v) is 11.5. The predicted molar refractivity (Wildman–Crippen MR) is 131 cm³/mol. The van der Waals surface area contributed by atoms with Gasteiger partial charge in [0.1, 0.15) is 0 Å². The molecule has 4 aliphatic rings. The number of aliphatic carboxylic acids is 2. The molecule has 2 aliphatic heterocycles. The lowest BCUT2D eigenvalue weighted by Crippen LogP contribution is -2.65. The third-order valence-electron chi connectivity index (χ3n) is 9.10. The minimum atomic E-state index is -2.89. The number of carboxylic acids is 2. The molecule has 1 aromatic rings. The number of aliphatic imine (C=N–C) groups is 1. The zero-order chi connectivity index (χ0) is 26.0. The number of morpholine rings is 1. The first-order chi connectivity index (χ1) is 16.9. The van der Waals surface area contributed by atoms with E-state index in [1.165, 1.54) is 0 Å². The van der Waals surface area contributed by atoms with Gasteiger partial charge in [0.25, 0.3) is 0 Å². The molecule has 2 saturated carbocycles. The summed E-state index contributed by atoms with van der Waals surface area (Å²) in [5.41, 5.74) is -4.28. The number of hydrogen-bond donors (Lipinski definition) is 4. The summed E-state index contributed by atoms with van der Waals surface area (Å²) in [6.07, 6.45) is 0.104. The van der Waals surface area contributed by atoms with Crippen LogP contribution >= 0.6 is 11.6 Å². The summed E-state index contributed by atoms with van der Waals surface area (Å²) in [5, 5.41) is 42.7. The fourth-order valence-electron chi connectivity index (χ4n) is 7.87. The van der Waals surface area contributed by atoms with Gasteiger partial charge in [0, 0.05) is 35.9 Å². The zero-order valence-electron chi connectivity index (χ0n) is 20.4. The SMILES string of the molecule is CC1CN(C2=NC3(CC2)C2CCC(C(O)(C(=O)O)C(O)C(=O)O)(C2)C3c2ccc(Cl)cc2)CC(C)O1. The van der Waals surface area contributed by atoms with Crippen molar-refractivity contribution in [3.8, 4) is 0 Å². The molecular weight excluding hydrogens is 488 g/mol. The smallest absolute Gasteiger partial charge is 0.339 e. The number of halogens is 1. The number of hydrogen-bond acceptors (Lipinski definition) is 7. The number of carboxylic acid groups (broad SMARTS) is 2. The summed E-state index contributed by atoms with van der Waals surface area (Å²) in [4.78, 5) is 32.0. The van der Waals surface area contributed by atoms with Gasteiger partial charge in [-0.15, -0.1) is 0 Å². The molecule has 1 spiro atoms. The monoisotopic (exact) mass is 520 g/mol. The summed E-state index contributed by atoms with van der Waals surface area (Å²) in [6.45, 7) is 5.46. The second kappa shape index (κ2) is 8.68.